The van der Waals surface area contributed by atoms with Gasteiger partial charge in [-0.05, 0) is 28.8 Å². The molecule has 0 aliphatic rings. The summed E-state index contributed by atoms with van der Waals surface area (Å²) in [6, 6.07) is 1.96. The lowest BCUT2D eigenvalue weighted by atomic mass is 10.1. The highest BCUT2D eigenvalue weighted by molar-refractivity contribution is 7.08. The Morgan fingerprint density at radius 2 is 2.44 bits per heavy atom. The third kappa shape index (κ3) is 2.40. The van der Waals surface area contributed by atoms with E-state index in [0.29, 0.717) is 0 Å². The molecule has 1 atom stereocenters. The summed E-state index contributed by atoms with van der Waals surface area (Å²) in [6.07, 6.45) is 2.75. The van der Waals surface area contributed by atoms with Crippen molar-refractivity contribution >= 4 is 11.3 Å². The number of nitrogens with two attached hydrogens (primary N) is 1. The van der Waals surface area contributed by atoms with Crippen LogP contribution in [0.5, 0.6) is 5.75 Å². The van der Waals surface area contributed by atoms with Crippen molar-refractivity contribution in [1.82, 2.24) is 15.2 Å². The van der Waals surface area contributed by atoms with Gasteiger partial charge in [0.05, 0.1) is 19.3 Å². The van der Waals surface area contributed by atoms with Crippen molar-refractivity contribution in [2.45, 2.75) is 25.9 Å². The number of hydrogen-bond acceptors (Lipinski definition) is 5. The first-order valence-electron chi connectivity index (χ1n) is 5.89. The zero-order valence-electron chi connectivity index (χ0n) is 10.6. The standard InChI is InChI=1S/C12H18N4OS/c1-3-5-16-12(10(17-2)7-14-16)11(15-13)9-4-6-18-8-9/h4,6-8,11,15H,3,5,13H2,1-2H3. The van der Waals surface area contributed by atoms with E-state index in [2.05, 4.69) is 28.9 Å². The number of aromatic nitrogens is 2. The van der Waals surface area contributed by atoms with Crippen molar-refractivity contribution in [3.05, 3.63) is 34.3 Å². The van der Waals surface area contributed by atoms with Crippen molar-refractivity contribution < 1.29 is 4.74 Å². The van der Waals surface area contributed by atoms with Crippen LogP contribution in [-0.2, 0) is 6.54 Å². The molecule has 0 amide bonds. The molecule has 3 N–H and O–H groups in total. The summed E-state index contributed by atoms with van der Waals surface area (Å²) in [4.78, 5) is 0. The maximum absolute atomic E-state index is 5.70. The second kappa shape index (κ2) is 5.99. The van der Waals surface area contributed by atoms with Crippen LogP contribution in [0.1, 0.15) is 30.6 Å². The van der Waals surface area contributed by atoms with Gasteiger partial charge in [-0.25, -0.2) is 5.43 Å². The van der Waals surface area contributed by atoms with Gasteiger partial charge in [0.15, 0.2) is 5.75 Å². The Balaban J connectivity index is 2.42. The highest BCUT2D eigenvalue weighted by Gasteiger charge is 2.22. The largest absolute Gasteiger partial charge is 0.493 e. The quantitative estimate of drug-likeness (QED) is 0.619. The molecule has 0 fully saturated rings. The molecule has 0 bridgehead atoms. The molecule has 2 aromatic rings. The van der Waals surface area contributed by atoms with Gasteiger partial charge in [-0.2, -0.15) is 16.4 Å². The molecule has 0 aliphatic carbocycles. The van der Waals surface area contributed by atoms with Crippen LogP contribution in [0.2, 0.25) is 0 Å². The van der Waals surface area contributed by atoms with Gasteiger partial charge in [-0.3, -0.25) is 10.5 Å². The summed E-state index contributed by atoms with van der Waals surface area (Å²) < 4.78 is 7.32. The van der Waals surface area contributed by atoms with Crippen LogP contribution in [0.3, 0.4) is 0 Å². The molecule has 0 aliphatic heterocycles. The normalized spacial score (nSPS) is 12.6. The van der Waals surface area contributed by atoms with Crippen LogP contribution >= 0.6 is 11.3 Å². The van der Waals surface area contributed by atoms with E-state index in [4.69, 9.17) is 10.6 Å². The summed E-state index contributed by atoms with van der Waals surface area (Å²) in [5, 5.41) is 8.47. The number of thiophene rings is 1. The lowest BCUT2D eigenvalue weighted by molar-refractivity contribution is 0.398. The van der Waals surface area contributed by atoms with Gasteiger partial charge < -0.3 is 4.74 Å². The number of nitrogens with one attached hydrogen (secondary N) is 1. The fourth-order valence-corrected chi connectivity index (χ4v) is 2.67. The Labute approximate surface area is 111 Å². The molecule has 18 heavy (non-hydrogen) atoms. The SMILES string of the molecule is CCCn1ncc(OC)c1C(NN)c1ccsc1. The number of hydrogen-bond donors (Lipinski definition) is 2. The lowest BCUT2D eigenvalue weighted by Crippen LogP contribution is -2.30. The van der Waals surface area contributed by atoms with Crippen LogP contribution in [0, 0.1) is 0 Å². The van der Waals surface area contributed by atoms with Gasteiger partial charge in [0.1, 0.15) is 5.69 Å². The molecule has 2 rings (SSSR count). The molecule has 0 saturated heterocycles. The molecule has 6 heteroatoms. The first-order chi connectivity index (χ1) is 8.81. The van der Waals surface area contributed by atoms with E-state index < -0.39 is 0 Å². The zero-order chi connectivity index (χ0) is 13.0. The fourth-order valence-electron chi connectivity index (χ4n) is 1.99. The number of aryl methyl sites for hydroxylation is 1. The van der Waals surface area contributed by atoms with Gasteiger partial charge >= 0.3 is 0 Å². The zero-order valence-corrected chi connectivity index (χ0v) is 11.4. The topological polar surface area (TPSA) is 65.1 Å². The number of ether oxygens (including phenoxy) is 1. The fraction of sp³-hybridized carbons (Fsp3) is 0.417. The predicted octanol–water partition coefficient (Wildman–Crippen LogP) is 1.92. The first-order valence-corrected chi connectivity index (χ1v) is 6.84. The monoisotopic (exact) mass is 266 g/mol. The Morgan fingerprint density at radius 3 is 3.00 bits per heavy atom. The lowest BCUT2D eigenvalue weighted by Gasteiger charge is -2.18. The molecule has 2 heterocycles. The van der Waals surface area contributed by atoms with E-state index in [9.17, 15) is 0 Å². The third-order valence-corrected chi connectivity index (χ3v) is 3.52. The Kier molecular flexibility index (Phi) is 4.35. The third-order valence-electron chi connectivity index (χ3n) is 2.82. The van der Waals surface area contributed by atoms with Gasteiger partial charge in [0, 0.05) is 6.54 Å². The number of rotatable bonds is 6. The minimum Gasteiger partial charge on any atom is -0.493 e. The van der Waals surface area contributed by atoms with Crippen molar-refractivity contribution in [1.29, 1.82) is 0 Å². The molecule has 98 valence electrons. The highest BCUT2D eigenvalue weighted by atomic mass is 32.1. The van der Waals surface area contributed by atoms with E-state index in [1.54, 1.807) is 24.6 Å². The second-order valence-corrected chi connectivity index (χ2v) is 4.76. The second-order valence-electron chi connectivity index (χ2n) is 3.98. The minimum absolute atomic E-state index is 0.0970. The Morgan fingerprint density at radius 1 is 1.61 bits per heavy atom. The van der Waals surface area contributed by atoms with Crippen LogP contribution in [0.4, 0.5) is 0 Å². The van der Waals surface area contributed by atoms with E-state index in [1.165, 1.54) is 0 Å². The van der Waals surface area contributed by atoms with E-state index >= 15 is 0 Å². The maximum Gasteiger partial charge on any atom is 0.161 e. The average molecular weight is 266 g/mol. The van der Waals surface area contributed by atoms with Crippen molar-refractivity contribution in [2.75, 3.05) is 7.11 Å². The smallest absolute Gasteiger partial charge is 0.161 e. The van der Waals surface area contributed by atoms with E-state index in [0.717, 1.165) is 30.0 Å². The van der Waals surface area contributed by atoms with Gasteiger partial charge in [-0.1, -0.05) is 6.92 Å². The minimum atomic E-state index is -0.0970. The van der Waals surface area contributed by atoms with Crippen LogP contribution in [0.25, 0.3) is 0 Å². The molecule has 5 nitrogen and oxygen atoms in total. The Bertz CT molecular complexity index is 480. The van der Waals surface area contributed by atoms with Gasteiger partial charge in [-0.15, -0.1) is 0 Å². The maximum atomic E-state index is 5.70. The van der Waals surface area contributed by atoms with E-state index in [1.807, 2.05) is 10.1 Å². The summed E-state index contributed by atoms with van der Waals surface area (Å²) in [5.74, 6) is 6.46. The summed E-state index contributed by atoms with van der Waals surface area (Å²) in [6.45, 7) is 2.97. The first kappa shape index (κ1) is 13.1. The van der Waals surface area contributed by atoms with Crippen molar-refractivity contribution in [2.24, 2.45) is 5.84 Å². The van der Waals surface area contributed by atoms with Crippen molar-refractivity contribution in [3.8, 4) is 5.75 Å². The summed E-state index contributed by atoms with van der Waals surface area (Å²) in [5.41, 5.74) is 4.94. The summed E-state index contributed by atoms with van der Waals surface area (Å²) >= 11 is 1.65. The number of nitrogens with zero attached hydrogens (tertiary/aromatic N) is 2. The molecule has 1 unspecified atom stereocenters. The molecular weight excluding hydrogens is 248 g/mol. The van der Waals surface area contributed by atoms with Crippen LogP contribution in [0.15, 0.2) is 23.0 Å². The summed E-state index contributed by atoms with van der Waals surface area (Å²) in [7, 11) is 1.65. The molecular formula is C12H18N4OS. The molecule has 0 radical (unpaired) electrons. The molecule has 0 spiro atoms. The van der Waals surface area contributed by atoms with Crippen LogP contribution in [-0.4, -0.2) is 16.9 Å². The number of hydrazine groups is 1. The number of methoxy groups -OCH3 is 1. The molecule has 2 aromatic heterocycles. The van der Waals surface area contributed by atoms with E-state index in [-0.39, 0.29) is 6.04 Å². The molecule has 0 saturated carbocycles. The van der Waals surface area contributed by atoms with Gasteiger partial charge in [0.25, 0.3) is 0 Å². The highest BCUT2D eigenvalue weighted by Crippen LogP contribution is 2.30. The van der Waals surface area contributed by atoms with Gasteiger partial charge in [0.2, 0.25) is 0 Å². The van der Waals surface area contributed by atoms with Crippen LogP contribution < -0.4 is 16.0 Å². The van der Waals surface area contributed by atoms with Crippen molar-refractivity contribution in [3.63, 3.8) is 0 Å². The average Bonchev–Trinajstić information content (AvgIpc) is 3.02. The Hall–Kier alpha value is -1.37. The molecule has 0 aromatic carbocycles. The predicted molar refractivity (Wildman–Crippen MR) is 72.6 cm³/mol.